The Kier molecular flexibility index (Phi) is 5.41. The van der Waals surface area contributed by atoms with Crippen molar-refractivity contribution in [3.05, 3.63) is 74.6 Å². The summed E-state index contributed by atoms with van der Waals surface area (Å²) in [6.07, 6.45) is 4.07. The summed E-state index contributed by atoms with van der Waals surface area (Å²) in [5, 5.41) is -0.232. The topological polar surface area (TPSA) is 40.6 Å². The van der Waals surface area contributed by atoms with E-state index in [0.29, 0.717) is 4.91 Å². The third-order valence-electron chi connectivity index (χ3n) is 5.67. The van der Waals surface area contributed by atoms with E-state index in [4.69, 9.17) is 0 Å². The molecule has 154 valence electrons. The maximum absolute atomic E-state index is 12.9. The monoisotopic (exact) mass is 482 g/mol. The quantitative estimate of drug-likeness (QED) is 0.480. The molecule has 2 aliphatic heterocycles. The lowest BCUT2D eigenvalue weighted by Crippen LogP contribution is -2.42. The molecule has 1 fully saturated rings. The largest absolute Gasteiger partial charge is 0.366 e. The van der Waals surface area contributed by atoms with E-state index < -0.39 is 0 Å². The number of anilines is 1. The van der Waals surface area contributed by atoms with Crippen molar-refractivity contribution in [2.45, 2.75) is 32.9 Å². The first-order valence-electron chi connectivity index (χ1n) is 9.73. The molecule has 0 atom stereocenters. The standard InChI is InChI=1S/C24H23BrN2O2S/c1-15-13-24(2,3)26(4)20-10-7-17(11-19(15)20)12-21-22(28)27(23(29)30-21)14-16-5-8-18(25)9-6-16/h5-13H,14H2,1-4H3/b21-12+. The number of amides is 2. The van der Waals surface area contributed by atoms with Crippen molar-refractivity contribution in [1.82, 2.24) is 4.90 Å². The van der Waals surface area contributed by atoms with Gasteiger partial charge in [0.2, 0.25) is 0 Å². The van der Waals surface area contributed by atoms with Crippen molar-refractivity contribution in [1.29, 1.82) is 0 Å². The lowest BCUT2D eigenvalue weighted by molar-refractivity contribution is -0.123. The smallest absolute Gasteiger partial charge is 0.293 e. The molecule has 0 aromatic heterocycles. The van der Waals surface area contributed by atoms with Crippen molar-refractivity contribution in [2.24, 2.45) is 0 Å². The number of rotatable bonds is 3. The number of hydrogen-bond acceptors (Lipinski definition) is 4. The Morgan fingerprint density at radius 1 is 1.10 bits per heavy atom. The molecule has 1 saturated heterocycles. The molecule has 30 heavy (non-hydrogen) atoms. The van der Waals surface area contributed by atoms with E-state index in [1.54, 1.807) is 0 Å². The summed E-state index contributed by atoms with van der Waals surface area (Å²) < 4.78 is 0.964. The first-order valence-corrected chi connectivity index (χ1v) is 11.3. The summed E-state index contributed by atoms with van der Waals surface area (Å²) >= 11 is 4.40. The van der Waals surface area contributed by atoms with Crippen molar-refractivity contribution in [2.75, 3.05) is 11.9 Å². The van der Waals surface area contributed by atoms with Gasteiger partial charge in [0.05, 0.1) is 17.0 Å². The van der Waals surface area contributed by atoms with Gasteiger partial charge in [-0.05, 0) is 79.6 Å². The van der Waals surface area contributed by atoms with Gasteiger partial charge in [-0.1, -0.05) is 40.2 Å². The fraction of sp³-hybridized carbons (Fsp3) is 0.250. The van der Waals surface area contributed by atoms with E-state index in [-0.39, 0.29) is 23.2 Å². The number of carbonyl (C=O) groups is 2. The van der Waals surface area contributed by atoms with Gasteiger partial charge in [-0.15, -0.1) is 0 Å². The van der Waals surface area contributed by atoms with E-state index in [1.807, 2.05) is 36.4 Å². The van der Waals surface area contributed by atoms with Gasteiger partial charge in [0.15, 0.2) is 0 Å². The van der Waals surface area contributed by atoms with E-state index in [0.717, 1.165) is 32.9 Å². The molecular weight excluding hydrogens is 460 g/mol. The second kappa shape index (κ2) is 7.75. The van der Waals surface area contributed by atoms with E-state index >= 15 is 0 Å². The van der Waals surface area contributed by atoms with Crippen LogP contribution in [0.5, 0.6) is 0 Å². The summed E-state index contributed by atoms with van der Waals surface area (Å²) in [6.45, 7) is 6.77. The van der Waals surface area contributed by atoms with Crippen molar-refractivity contribution in [3.63, 3.8) is 0 Å². The van der Waals surface area contributed by atoms with Crippen molar-refractivity contribution < 1.29 is 9.59 Å². The average Bonchev–Trinajstić information content (AvgIpc) is 2.95. The van der Waals surface area contributed by atoms with Gasteiger partial charge >= 0.3 is 0 Å². The van der Waals surface area contributed by atoms with Crippen LogP contribution in [0.3, 0.4) is 0 Å². The fourth-order valence-electron chi connectivity index (χ4n) is 3.83. The summed E-state index contributed by atoms with van der Waals surface area (Å²) in [5.74, 6) is -0.240. The van der Waals surface area contributed by atoms with Crippen LogP contribution in [0.1, 0.15) is 37.5 Å². The van der Waals surface area contributed by atoms with Crippen LogP contribution in [0, 0.1) is 0 Å². The zero-order chi connectivity index (χ0) is 21.6. The van der Waals surface area contributed by atoms with Gasteiger partial charge in [-0.2, -0.15) is 0 Å². The number of hydrogen-bond donors (Lipinski definition) is 0. The van der Waals surface area contributed by atoms with Crippen LogP contribution in [0.25, 0.3) is 11.6 Å². The Balaban J connectivity index is 1.60. The number of likely N-dealkylation sites (N-methyl/N-ethyl adjacent to an activating group) is 1. The molecule has 2 aliphatic rings. The van der Waals surface area contributed by atoms with Crippen LogP contribution in [0.2, 0.25) is 0 Å². The molecule has 2 heterocycles. The van der Waals surface area contributed by atoms with E-state index in [1.165, 1.54) is 16.2 Å². The van der Waals surface area contributed by atoms with Crippen molar-refractivity contribution >= 4 is 56.2 Å². The molecule has 4 nitrogen and oxygen atoms in total. The minimum atomic E-state index is -0.240. The summed E-state index contributed by atoms with van der Waals surface area (Å²) in [4.78, 5) is 29.3. The average molecular weight is 483 g/mol. The molecule has 2 aromatic carbocycles. The highest BCUT2D eigenvalue weighted by molar-refractivity contribution is 9.10. The normalized spacial score (nSPS) is 19.4. The second-order valence-corrected chi connectivity index (χ2v) is 10.1. The van der Waals surface area contributed by atoms with Crippen LogP contribution in [0.4, 0.5) is 10.5 Å². The maximum atomic E-state index is 12.9. The number of nitrogens with zero attached hydrogens (tertiary/aromatic N) is 2. The molecule has 2 amide bonds. The highest BCUT2D eigenvalue weighted by atomic mass is 79.9. The Morgan fingerprint density at radius 3 is 2.50 bits per heavy atom. The molecular formula is C24H23BrN2O2S. The Morgan fingerprint density at radius 2 is 1.80 bits per heavy atom. The molecule has 4 rings (SSSR count). The van der Waals surface area contributed by atoms with Crippen LogP contribution in [-0.4, -0.2) is 28.6 Å². The third kappa shape index (κ3) is 3.86. The minimum Gasteiger partial charge on any atom is -0.366 e. The van der Waals surface area contributed by atoms with Gasteiger partial charge in [-0.3, -0.25) is 14.5 Å². The van der Waals surface area contributed by atoms with Gasteiger partial charge in [-0.25, -0.2) is 0 Å². The molecule has 0 spiro atoms. The molecule has 2 aromatic rings. The summed E-state index contributed by atoms with van der Waals surface area (Å²) in [5.41, 5.74) is 5.33. The van der Waals surface area contributed by atoms with Crippen LogP contribution in [0.15, 0.2) is 57.9 Å². The first kappa shape index (κ1) is 20.9. The predicted octanol–water partition coefficient (Wildman–Crippen LogP) is 6.32. The zero-order valence-corrected chi connectivity index (χ0v) is 19.8. The van der Waals surface area contributed by atoms with E-state index in [9.17, 15) is 9.59 Å². The molecule has 0 bridgehead atoms. The van der Waals surface area contributed by atoms with E-state index in [2.05, 4.69) is 66.9 Å². The zero-order valence-electron chi connectivity index (χ0n) is 17.4. The number of benzene rings is 2. The first-order chi connectivity index (χ1) is 14.2. The number of thioether (sulfide) groups is 1. The maximum Gasteiger partial charge on any atom is 0.293 e. The van der Waals surface area contributed by atoms with Gasteiger partial charge < -0.3 is 4.90 Å². The lowest BCUT2D eigenvalue weighted by atomic mass is 9.88. The molecule has 0 saturated carbocycles. The van der Waals surface area contributed by atoms with Crippen LogP contribution < -0.4 is 4.90 Å². The van der Waals surface area contributed by atoms with Crippen molar-refractivity contribution in [3.8, 4) is 0 Å². The van der Waals surface area contributed by atoms with Gasteiger partial charge in [0, 0.05) is 22.8 Å². The SMILES string of the molecule is CC1=CC(C)(C)N(C)c2ccc(/C=C3/SC(=O)N(Cc4ccc(Br)cc4)C3=O)cc21. The molecule has 0 N–H and O–H groups in total. The summed E-state index contributed by atoms with van der Waals surface area (Å²) in [6, 6.07) is 13.8. The number of halogens is 1. The number of fused-ring (bicyclic) bond motifs is 1. The van der Waals surface area contributed by atoms with Crippen LogP contribution >= 0.6 is 27.7 Å². The molecule has 0 unspecified atom stereocenters. The fourth-order valence-corrected chi connectivity index (χ4v) is 4.93. The molecule has 6 heteroatoms. The number of imide groups is 1. The van der Waals surface area contributed by atoms with Crippen LogP contribution in [-0.2, 0) is 11.3 Å². The summed E-state index contributed by atoms with van der Waals surface area (Å²) in [7, 11) is 2.09. The minimum absolute atomic E-state index is 0.0473. The van der Waals surface area contributed by atoms with Gasteiger partial charge in [0.25, 0.3) is 11.1 Å². The van der Waals surface area contributed by atoms with Gasteiger partial charge in [0.1, 0.15) is 0 Å². The second-order valence-electron chi connectivity index (χ2n) is 8.21. The lowest BCUT2D eigenvalue weighted by Gasteiger charge is -2.40. The third-order valence-corrected chi connectivity index (χ3v) is 7.10. The Hall–Kier alpha value is -2.31. The highest BCUT2D eigenvalue weighted by Gasteiger charge is 2.35. The Bertz CT molecular complexity index is 1100. The molecule has 0 radical (unpaired) electrons. The highest BCUT2D eigenvalue weighted by Crippen LogP contribution is 2.39. The Labute approximate surface area is 189 Å². The molecule has 0 aliphatic carbocycles. The number of carbonyl (C=O) groups excluding carboxylic acids is 2. The predicted molar refractivity (Wildman–Crippen MR) is 128 cm³/mol. The number of allylic oxidation sites excluding steroid dienone is 1.